The van der Waals surface area contributed by atoms with Crippen LogP contribution < -0.4 is 10.3 Å². The van der Waals surface area contributed by atoms with Crippen molar-refractivity contribution < 1.29 is 4.74 Å². The average molecular weight is 331 g/mol. The number of ether oxygens (including phenoxy) is 1. The normalized spacial score (nSPS) is 11.5. The van der Waals surface area contributed by atoms with E-state index in [1.54, 1.807) is 24.3 Å². The van der Waals surface area contributed by atoms with Crippen LogP contribution in [0, 0.1) is 11.3 Å². The van der Waals surface area contributed by atoms with E-state index in [2.05, 4.69) is 16.0 Å². The summed E-state index contributed by atoms with van der Waals surface area (Å²) in [6.45, 7) is 3.92. The number of fused-ring (bicyclic) bond motifs is 1. The standard InChI is InChI=1S/C20H17N3O2/c1-13(2)25-16-9-7-14(8-10-16)11-15(12-21)19-22-18-6-4-3-5-17(18)20(24)23-19/h3-11,13H,1-2H3,(H,22,23,24)/b15-11-. The van der Waals surface area contributed by atoms with Gasteiger partial charge < -0.3 is 9.72 Å². The maximum atomic E-state index is 12.2. The topological polar surface area (TPSA) is 78.8 Å². The van der Waals surface area contributed by atoms with Crippen molar-refractivity contribution in [2.45, 2.75) is 20.0 Å². The van der Waals surface area contributed by atoms with Crippen molar-refractivity contribution in [3.05, 3.63) is 70.3 Å². The van der Waals surface area contributed by atoms with Crippen LogP contribution in [-0.2, 0) is 0 Å². The molecule has 0 amide bonds. The van der Waals surface area contributed by atoms with Gasteiger partial charge in [0.2, 0.25) is 0 Å². The molecule has 1 heterocycles. The highest BCUT2D eigenvalue weighted by Crippen LogP contribution is 2.19. The molecule has 0 aliphatic carbocycles. The Labute approximate surface area is 145 Å². The molecule has 0 spiro atoms. The van der Waals surface area contributed by atoms with Crippen molar-refractivity contribution >= 4 is 22.6 Å². The summed E-state index contributed by atoms with van der Waals surface area (Å²) >= 11 is 0. The molecule has 5 heteroatoms. The van der Waals surface area contributed by atoms with Crippen molar-refractivity contribution in [3.8, 4) is 11.8 Å². The van der Waals surface area contributed by atoms with Gasteiger partial charge in [0.05, 0.1) is 22.6 Å². The maximum absolute atomic E-state index is 12.2. The second-order valence-corrected chi connectivity index (χ2v) is 5.84. The SMILES string of the molecule is CC(C)Oc1ccc(/C=C(/C#N)c2nc3ccccc3c(=O)[nH]2)cc1. The van der Waals surface area contributed by atoms with Gasteiger partial charge in [-0.05, 0) is 49.8 Å². The molecule has 0 atom stereocenters. The monoisotopic (exact) mass is 331 g/mol. The van der Waals surface area contributed by atoms with Crippen LogP contribution >= 0.6 is 0 Å². The van der Waals surface area contributed by atoms with Crippen LogP contribution in [0.25, 0.3) is 22.6 Å². The third kappa shape index (κ3) is 3.75. The van der Waals surface area contributed by atoms with E-state index in [4.69, 9.17) is 4.74 Å². The first-order valence-corrected chi connectivity index (χ1v) is 7.95. The number of aromatic amines is 1. The molecule has 0 saturated carbocycles. The third-order valence-electron chi connectivity index (χ3n) is 3.55. The van der Waals surface area contributed by atoms with Gasteiger partial charge in [-0.3, -0.25) is 4.79 Å². The van der Waals surface area contributed by atoms with Gasteiger partial charge in [0.1, 0.15) is 11.8 Å². The van der Waals surface area contributed by atoms with Gasteiger partial charge in [-0.1, -0.05) is 24.3 Å². The van der Waals surface area contributed by atoms with E-state index in [1.165, 1.54) is 0 Å². The largest absolute Gasteiger partial charge is 0.491 e. The zero-order chi connectivity index (χ0) is 17.8. The first-order valence-electron chi connectivity index (χ1n) is 7.95. The molecular formula is C20H17N3O2. The Bertz CT molecular complexity index is 1030. The number of aromatic nitrogens is 2. The van der Waals surface area contributed by atoms with Crippen LogP contribution in [0.3, 0.4) is 0 Å². The van der Waals surface area contributed by atoms with Crippen molar-refractivity contribution in [1.29, 1.82) is 5.26 Å². The van der Waals surface area contributed by atoms with Gasteiger partial charge in [-0.2, -0.15) is 5.26 Å². The molecule has 5 nitrogen and oxygen atoms in total. The Morgan fingerprint density at radius 3 is 2.60 bits per heavy atom. The smallest absolute Gasteiger partial charge is 0.259 e. The molecular weight excluding hydrogens is 314 g/mol. The zero-order valence-corrected chi connectivity index (χ0v) is 14.0. The fourth-order valence-corrected chi connectivity index (χ4v) is 2.45. The summed E-state index contributed by atoms with van der Waals surface area (Å²) < 4.78 is 5.60. The Balaban J connectivity index is 1.98. The highest BCUT2D eigenvalue weighted by molar-refractivity contribution is 5.89. The van der Waals surface area contributed by atoms with E-state index in [0.29, 0.717) is 16.5 Å². The third-order valence-corrected chi connectivity index (χ3v) is 3.55. The lowest BCUT2D eigenvalue weighted by Crippen LogP contribution is -2.11. The molecule has 3 aromatic rings. The number of H-pyrrole nitrogens is 1. The number of rotatable bonds is 4. The minimum absolute atomic E-state index is 0.0999. The van der Waals surface area contributed by atoms with Crippen LogP contribution in [0.5, 0.6) is 5.75 Å². The minimum atomic E-state index is -0.262. The first-order chi connectivity index (χ1) is 12.1. The van der Waals surface area contributed by atoms with Crippen molar-refractivity contribution in [2.24, 2.45) is 0 Å². The molecule has 0 fully saturated rings. The Kier molecular flexibility index (Phi) is 4.62. The van der Waals surface area contributed by atoms with E-state index in [-0.39, 0.29) is 17.5 Å². The predicted molar refractivity (Wildman–Crippen MR) is 98.1 cm³/mol. The van der Waals surface area contributed by atoms with E-state index in [9.17, 15) is 10.1 Å². The number of nitrogens with one attached hydrogen (secondary N) is 1. The quantitative estimate of drug-likeness (QED) is 0.738. The molecule has 2 aromatic carbocycles. The number of nitrogens with zero attached hydrogens (tertiary/aromatic N) is 2. The fraction of sp³-hybridized carbons (Fsp3) is 0.150. The molecule has 0 saturated heterocycles. The second-order valence-electron chi connectivity index (χ2n) is 5.84. The van der Waals surface area contributed by atoms with E-state index < -0.39 is 0 Å². The maximum Gasteiger partial charge on any atom is 0.259 e. The molecule has 0 aliphatic heterocycles. The summed E-state index contributed by atoms with van der Waals surface area (Å²) in [5.74, 6) is 1.02. The molecule has 0 aliphatic rings. The van der Waals surface area contributed by atoms with Gasteiger partial charge in [0, 0.05) is 0 Å². The molecule has 124 valence electrons. The van der Waals surface area contributed by atoms with Gasteiger partial charge in [0.15, 0.2) is 5.82 Å². The lowest BCUT2D eigenvalue weighted by molar-refractivity contribution is 0.242. The molecule has 1 aromatic heterocycles. The van der Waals surface area contributed by atoms with E-state index >= 15 is 0 Å². The van der Waals surface area contributed by atoms with Crippen molar-refractivity contribution in [3.63, 3.8) is 0 Å². The van der Waals surface area contributed by atoms with Crippen molar-refractivity contribution in [2.75, 3.05) is 0 Å². The van der Waals surface area contributed by atoms with Crippen LogP contribution in [0.2, 0.25) is 0 Å². The predicted octanol–water partition coefficient (Wildman–Crippen LogP) is 3.77. The molecule has 0 unspecified atom stereocenters. The van der Waals surface area contributed by atoms with Gasteiger partial charge in [0.25, 0.3) is 5.56 Å². The summed E-state index contributed by atoms with van der Waals surface area (Å²) in [5, 5.41) is 9.97. The summed E-state index contributed by atoms with van der Waals surface area (Å²) in [6.07, 6.45) is 1.79. The average Bonchev–Trinajstić information content (AvgIpc) is 2.60. The van der Waals surface area contributed by atoms with Crippen LogP contribution in [0.1, 0.15) is 25.2 Å². The Morgan fingerprint density at radius 2 is 1.92 bits per heavy atom. The van der Waals surface area contributed by atoms with E-state index in [1.807, 2.05) is 44.2 Å². The highest BCUT2D eigenvalue weighted by Gasteiger charge is 2.08. The summed E-state index contributed by atoms with van der Waals surface area (Å²) in [5.41, 5.74) is 1.41. The summed E-state index contributed by atoms with van der Waals surface area (Å²) in [4.78, 5) is 19.2. The molecule has 0 radical (unpaired) electrons. The van der Waals surface area contributed by atoms with Gasteiger partial charge >= 0.3 is 0 Å². The molecule has 3 rings (SSSR count). The first kappa shape index (κ1) is 16.5. The second kappa shape index (κ2) is 7.02. The fourth-order valence-electron chi connectivity index (χ4n) is 2.45. The van der Waals surface area contributed by atoms with Crippen LogP contribution in [-0.4, -0.2) is 16.1 Å². The van der Waals surface area contributed by atoms with Crippen LogP contribution in [0.4, 0.5) is 0 Å². The number of nitriles is 1. The van der Waals surface area contributed by atoms with Gasteiger partial charge in [-0.25, -0.2) is 4.98 Å². The molecule has 1 N–H and O–H groups in total. The minimum Gasteiger partial charge on any atom is -0.491 e. The molecule has 0 bridgehead atoms. The van der Waals surface area contributed by atoms with Crippen LogP contribution in [0.15, 0.2) is 53.3 Å². The highest BCUT2D eigenvalue weighted by atomic mass is 16.5. The molecule has 25 heavy (non-hydrogen) atoms. The number of para-hydroxylation sites is 1. The number of hydrogen-bond acceptors (Lipinski definition) is 4. The van der Waals surface area contributed by atoms with Gasteiger partial charge in [-0.15, -0.1) is 0 Å². The Hall–Kier alpha value is -3.39. The Morgan fingerprint density at radius 1 is 1.20 bits per heavy atom. The number of benzene rings is 2. The van der Waals surface area contributed by atoms with Crippen molar-refractivity contribution in [1.82, 2.24) is 9.97 Å². The number of hydrogen-bond donors (Lipinski definition) is 1. The lowest BCUT2D eigenvalue weighted by atomic mass is 10.1. The van der Waals surface area contributed by atoms with E-state index in [0.717, 1.165) is 11.3 Å². The zero-order valence-electron chi connectivity index (χ0n) is 14.0. The summed E-state index contributed by atoms with van der Waals surface area (Å²) in [6, 6.07) is 16.5. The lowest BCUT2D eigenvalue weighted by Gasteiger charge is -2.09. The number of allylic oxidation sites excluding steroid dienone is 1. The summed E-state index contributed by atoms with van der Waals surface area (Å²) in [7, 11) is 0.